The largest absolute Gasteiger partial charge is 0.388 e. The fourth-order valence-electron chi connectivity index (χ4n) is 3.12. The number of aliphatic hydroxyl groups is 1. The summed E-state index contributed by atoms with van der Waals surface area (Å²) in [5.74, 6) is 0. The van der Waals surface area contributed by atoms with Gasteiger partial charge in [0.25, 0.3) is 0 Å². The summed E-state index contributed by atoms with van der Waals surface area (Å²) in [5.41, 5.74) is 2.97. The average Bonchev–Trinajstić information content (AvgIpc) is 2.52. The Bertz CT molecular complexity index is 444. The van der Waals surface area contributed by atoms with E-state index in [9.17, 15) is 5.11 Å². The van der Waals surface area contributed by atoms with Crippen LogP contribution in [0, 0.1) is 0 Å². The molecule has 132 valence electrons. The molecule has 2 rings (SSSR count). The first-order valence-corrected chi connectivity index (χ1v) is 10.0. The minimum Gasteiger partial charge on any atom is -0.388 e. The van der Waals surface area contributed by atoms with E-state index in [4.69, 9.17) is 25.8 Å². The summed E-state index contributed by atoms with van der Waals surface area (Å²) in [7, 11) is 1.69. The molecule has 2 bridgehead atoms. The number of hydrogen-bond donors (Lipinski definition) is 1. The third-order valence-corrected chi connectivity index (χ3v) is 6.12. The minimum absolute atomic E-state index is 0.00863. The van der Waals surface area contributed by atoms with Crippen molar-refractivity contribution in [2.24, 2.45) is 0 Å². The lowest BCUT2D eigenvalue weighted by molar-refractivity contribution is -0.176. The molecule has 23 heavy (non-hydrogen) atoms. The molecule has 0 spiro atoms. The van der Waals surface area contributed by atoms with Crippen LogP contribution in [-0.2, 0) is 14.2 Å². The van der Waals surface area contributed by atoms with Crippen molar-refractivity contribution in [1.82, 2.24) is 0 Å². The standard InChI is InChI=1S/C16H23Br2ClO4/c1-9-16(20)15-7-11(18)13(21-2)8-12(19)14(23-15)6-10(22-9)4-3-5-17/h4-5,9-16,20H,6-8H2,1-2H3/t3?,9-,10+,11-,12+,13+,14+,15+,16-/m0/s1. The molecule has 0 aromatic carbocycles. The summed E-state index contributed by atoms with van der Waals surface area (Å²) in [4.78, 5) is 1.72. The Morgan fingerprint density at radius 3 is 2.65 bits per heavy atom. The molecule has 1 N–H and O–H groups in total. The zero-order chi connectivity index (χ0) is 17.0. The van der Waals surface area contributed by atoms with Crippen molar-refractivity contribution >= 4 is 43.5 Å². The normalized spacial score (nSPS) is 45.0. The predicted molar refractivity (Wildman–Crippen MR) is 97.6 cm³/mol. The molecule has 2 aliphatic rings. The van der Waals surface area contributed by atoms with Crippen molar-refractivity contribution in [1.29, 1.82) is 0 Å². The molecule has 2 saturated heterocycles. The van der Waals surface area contributed by atoms with E-state index in [0.717, 1.165) is 0 Å². The Balaban J connectivity index is 2.26. The lowest BCUT2D eigenvalue weighted by Gasteiger charge is -2.42. The van der Waals surface area contributed by atoms with Crippen molar-refractivity contribution in [3.8, 4) is 0 Å². The molecule has 4 nitrogen and oxygen atoms in total. The Kier molecular flexibility index (Phi) is 8.10. The van der Waals surface area contributed by atoms with E-state index in [1.165, 1.54) is 0 Å². The molecular formula is C16H23Br2ClO4. The van der Waals surface area contributed by atoms with Crippen molar-refractivity contribution in [3.05, 3.63) is 16.8 Å². The Hall–Kier alpha value is 0.610. The Morgan fingerprint density at radius 1 is 1.26 bits per heavy atom. The SMILES string of the molecule is CO[C@@H]1C[C@@H](Cl)[C@H]2C[C@@H](C=C=CBr)O[C@@H](C)[C@H](O)[C@@H](C[C@@H]1Br)O2. The Labute approximate surface area is 159 Å². The summed E-state index contributed by atoms with van der Waals surface area (Å²) in [6, 6.07) is 0. The van der Waals surface area contributed by atoms with Gasteiger partial charge in [0.15, 0.2) is 0 Å². The zero-order valence-corrected chi connectivity index (χ0v) is 17.1. The van der Waals surface area contributed by atoms with Gasteiger partial charge in [-0.25, -0.2) is 0 Å². The highest BCUT2D eigenvalue weighted by molar-refractivity contribution is 9.11. The second-order valence-electron chi connectivity index (χ2n) is 6.04. The summed E-state index contributed by atoms with van der Waals surface area (Å²) in [6.45, 7) is 1.86. The van der Waals surface area contributed by atoms with Gasteiger partial charge in [0.1, 0.15) is 6.10 Å². The summed E-state index contributed by atoms with van der Waals surface area (Å²) < 4.78 is 17.7. The first-order chi connectivity index (χ1) is 11.0. The summed E-state index contributed by atoms with van der Waals surface area (Å²) >= 11 is 13.4. The van der Waals surface area contributed by atoms with Gasteiger partial charge < -0.3 is 19.3 Å². The number of fused-ring (bicyclic) bond motifs is 2. The average molecular weight is 475 g/mol. The van der Waals surface area contributed by atoms with Gasteiger partial charge in [0.05, 0.1) is 35.9 Å². The molecule has 8 atom stereocenters. The maximum absolute atomic E-state index is 10.6. The topological polar surface area (TPSA) is 47.9 Å². The summed E-state index contributed by atoms with van der Waals surface area (Å²) in [6.07, 6.45) is 1.96. The van der Waals surface area contributed by atoms with Gasteiger partial charge in [-0.3, -0.25) is 0 Å². The monoisotopic (exact) mass is 472 g/mol. The van der Waals surface area contributed by atoms with Crippen LogP contribution in [0.1, 0.15) is 26.2 Å². The molecular weight excluding hydrogens is 451 g/mol. The molecule has 0 aromatic heterocycles. The highest BCUT2D eigenvalue weighted by Crippen LogP contribution is 2.34. The molecule has 0 aliphatic carbocycles. The second-order valence-corrected chi connectivity index (χ2v) is 8.23. The zero-order valence-electron chi connectivity index (χ0n) is 13.2. The van der Waals surface area contributed by atoms with Gasteiger partial charge in [-0.05, 0) is 25.8 Å². The second kappa shape index (κ2) is 9.35. The van der Waals surface area contributed by atoms with E-state index in [2.05, 4.69) is 37.6 Å². The first kappa shape index (κ1) is 19.9. The van der Waals surface area contributed by atoms with Crippen LogP contribution in [0.25, 0.3) is 0 Å². The van der Waals surface area contributed by atoms with Crippen LogP contribution < -0.4 is 0 Å². The maximum atomic E-state index is 10.6. The molecule has 0 unspecified atom stereocenters. The Morgan fingerprint density at radius 2 is 2.00 bits per heavy atom. The summed E-state index contributed by atoms with van der Waals surface area (Å²) in [5, 5.41) is 10.4. The van der Waals surface area contributed by atoms with E-state index in [1.807, 2.05) is 13.0 Å². The smallest absolute Gasteiger partial charge is 0.106 e. The van der Waals surface area contributed by atoms with Crippen molar-refractivity contribution in [2.75, 3.05) is 7.11 Å². The van der Waals surface area contributed by atoms with Crippen LogP contribution in [0.2, 0.25) is 0 Å². The van der Waals surface area contributed by atoms with E-state index in [0.29, 0.717) is 19.3 Å². The van der Waals surface area contributed by atoms with E-state index in [1.54, 1.807) is 12.1 Å². The number of hydrogen-bond acceptors (Lipinski definition) is 4. The third-order valence-electron chi connectivity index (χ3n) is 4.44. The molecule has 2 heterocycles. The van der Waals surface area contributed by atoms with Gasteiger partial charge in [0, 0.05) is 23.3 Å². The fraction of sp³-hybridized carbons (Fsp3) is 0.812. The quantitative estimate of drug-likeness (QED) is 0.492. The highest BCUT2D eigenvalue weighted by atomic mass is 79.9. The maximum Gasteiger partial charge on any atom is 0.106 e. The van der Waals surface area contributed by atoms with Crippen LogP contribution in [0.15, 0.2) is 16.8 Å². The van der Waals surface area contributed by atoms with Gasteiger partial charge in [-0.15, -0.1) is 17.3 Å². The van der Waals surface area contributed by atoms with Gasteiger partial charge >= 0.3 is 0 Å². The predicted octanol–water partition coefficient (Wildman–Crippen LogP) is 3.52. The molecule has 7 heteroatoms. The number of rotatable bonds is 2. The van der Waals surface area contributed by atoms with E-state index in [-0.39, 0.29) is 40.7 Å². The first-order valence-electron chi connectivity index (χ1n) is 7.77. The molecule has 2 aliphatic heterocycles. The van der Waals surface area contributed by atoms with E-state index >= 15 is 0 Å². The van der Waals surface area contributed by atoms with E-state index < -0.39 is 6.10 Å². The molecule has 0 amide bonds. The molecule has 0 saturated carbocycles. The number of methoxy groups -OCH3 is 1. The van der Waals surface area contributed by atoms with Crippen LogP contribution in [-0.4, -0.2) is 59.0 Å². The number of halogens is 3. The van der Waals surface area contributed by atoms with Crippen molar-refractivity contribution in [3.63, 3.8) is 0 Å². The van der Waals surface area contributed by atoms with Crippen LogP contribution >= 0.6 is 43.5 Å². The fourth-order valence-corrected chi connectivity index (χ4v) is 4.41. The lowest BCUT2D eigenvalue weighted by atomic mass is 9.93. The lowest BCUT2D eigenvalue weighted by Crippen LogP contribution is -2.51. The molecule has 2 fully saturated rings. The highest BCUT2D eigenvalue weighted by Gasteiger charge is 2.41. The number of aliphatic hydroxyl groups excluding tert-OH is 1. The van der Waals surface area contributed by atoms with Crippen LogP contribution in [0.4, 0.5) is 0 Å². The third kappa shape index (κ3) is 5.29. The van der Waals surface area contributed by atoms with Gasteiger partial charge in [0.2, 0.25) is 0 Å². The molecule has 0 radical (unpaired) electrons. The number of ether oxygens (including phenoxy) is 3. The minimum atomic E-state index is -0.721. The number of alkyl halides is 2. The van der Waals surface area contributed by atoms with Crippen molar-refractivity contribution in [2.45, 2.75) is 73.0 Å². The van der Waals surface area contributed by atoms with Gasteiger partial charge in [-0.2, -0.15) is 0 Å². The van der Waals surface area contributed by atoms with Crippen LogP contribution in [0.5, 0.6) is 0 Å². The molecule has 0 aromatic rings. The van der Waals surface area contributed by atoms with Crippen LogP contribution in [0.3, 0.4) is 0 Å². The van der Waals surface area contributed by atoms with Crippen molar-refractivity contribution < 1.29 is 19.3 Å². The van der Waals surface area contributed by atoms with Gasteiger partial charge in [-0.1, -0.05) is 31.9 Å².